The van der Waals surface area contributed by atoms with Crippen LogP contribution in [0.2, 0.25) is 0 Å². The lowest BCUT2D eigenvalue weighted by Gasteiger charge is -2.29. The van der Waals surface area contributed by atoms with Crippen molar-refractivity contribution in [3.63, 3.8) is 0 Å². The molecule has 24 heavy (non-hydrogen) atoms. The number of anilines is 1. The molecule has 0 radical (unpaired) electrons. The number of amides is 2. The normalized spacial score (nSPS) is 18.3. The maximum atomic E-state index is 13.0. The summed E-state index contributed by atoms with van der Waals surface area (Å²) in [5, 5.41) is 3.12. The minimum atomic E-state index is 0.0259. The Labute approximate surface area is 148 Å². The van der Waals surface area contributed by atoms with Gasteiger partial charge in [0.15, 0.2) is 0 Å². The molecule has 128 valence electrons. The van der Waals surface area contributed by atoms with Crippen LogP contribution >= 0.6 is 11.3 Å². The summed E-state index contributed by atoms with van der Waals surface area (Å²) in [5.74, 6) is 0. The molecule has 1 atom stereocenters. The summed E-state index contributed by atoms with van der Waals surface area (Å²) in [6, 6.07) is 10.8. The van der Waals surface area contributed by atoms with Crippen molar-refractivity contribution in [2.45, 2.75) is 52.5 Å². The number of carbonyl (C=O) groups excluding carboxylic acids is 1. The number of hydrogen-bond acceptors (Lipinski definition) is 2. The van der Waals surface area contributed by atoms with E-state index in [1.165, 1.54) is 33.7 Å². The fraction of sp³-hybridized carbons (Fsp3) is 0.450. The maximum absolute atomic E-state index is 13.0. The fourth-order valence-electron chi connectivity index (χ4n) is 3.52. The van der Waals surface area contributed by atoms with Gasteiger partial charge in [0.05, 0.1) is 6.04 Å². The Morgan fingerprint density at radius 3 is 2.50 bits per heavy atom. The third-order valence-corrected chi connectivity index (χ3v) is 5.68. The van der Waals surface area contributed by atoms with Gasteiger partial charge in [0.2, 0.25) is 0 Å². The van der Waals surface area contributed by atoms with E-state index < -0.39 is 0 Å². The standard InChI is InChI=1S/C20H26N2OS/c1-14-11-15(2)13-17(12-14)21-20(23)22-10-6-4-5-7-18(22)19-9-8-16(3)24-19/h8-9,11-13,18H,4-7,10H2,1-3H3,(H,21,23)/t18-/m1/s1. The lowest BCUT2D eigenvalue weighted by molar-refractivity contribution is 0.190. The van der Waals surface area contributed by atoms with Gasteiger partial charge in [-0.25, -0.2) is 4.79 Å². The van der Waals surface area contributed by atoms with Gasteiger partial charge in [-0.2, -0.15) is 0 Å². The van der Waals surface area contributed by atoms with Gasteiger partial charge in [0.1, 0.15) is 0 Å². The van der Waals surface area contributed by atoms with Gasteiger partial charge in [-0.05, 0) is 69.0 Å². The molecule has 0 bridgehead atoms. The Balaban J connectivity index is 1.81. The third kappa shape index (κ3) is 3.99. The summed E-state index contributed by atoms with van der Waals surface area (Å²) >= 11 is 1.81. The van der Waals surface area contributed by atoms with E-state index in [1.807, 2.05) is 28.4 Å². The molecule has 1 aliphatic rings. The molecule has 2 heterocycles. The van der Waals surface area contributed by atoms with E-state index in [-0.39, 0.29) is 12.1 Å². The first-order valence-electron chi connectivity index (χ1n) is 8.75. The molecule has 1 aliphatic heterocycles. The van der Waals surface area contributed by atoms with E-state index in [1.54, 1.807) is 0 Å². The molecular weight excluding hydrogens is 316 g/mol. The van der Waals surface area contributed by atoms with Crippen LogP contribution in [0, 0.1) is 20.8 Å². The van der Waals surface area contributed by atoms with Crippen molar-refractivity contribution >= 4 is 23.1 Å². The molecule has 1 saturated heterocycles. The van der Waals surface area contributed by atoms with Crippen molar-refractivity contribution in [2.24, 2.45) is 0 Å². The molecule has 4 heteroatoms. The Hall–Kier alpha value is -1.81. The first kappa shape index (κ1) is 17.0. The molecule has 0 saturated carbocycles. The number of nitrogens with one attached hydrogen (secondary N) is 1. The average Bonchev–Trinajstić information content (AvgIpc) is 2.80. The first-order chi connectivity index (χ1) is 11.5. The van der Waals surface area contributed by atoms with Gasteiger partial charge >= 0.3 is 6.03 Å². The summed E-state index contributed by atoms with van der Waals surface area (Å²) in [6.45, 7) is 7.08. The number of nitrogens with zero attached hydrogens (tertiary/aromatic N) is 1. The van der Waals surface area contributed by atoms with Crippen LogP contribution in [0.3, 0.4) is 0 Å². The topological polar surface area (TPSA) is 32.3 Å². The Morgan fingerprint density at radius 1 is 1.08 bits per heavy atom. The van der Waals surface area contributed by atoms with Crippen LogP contribution in [0.1, 0.15) is 52.6 Å². The van der Waals surface area contributed by atoms with Gasteiger partial charge in [0.25, 0.3) is 0 Å². The van der Waals surface area contributed by atoms with Crippen molar-refractivity contribution in [1.82, 2.24) is 4.90 Å². The van der Waals surface area contributed by atoms with E-state index in [4.69, 9.17) is 0 Å². The van der Waals surface area contributed by atoms with Crippen molar-refractivity contribution in [3.8, 4) is 0 Å². The van der Waals surface area contributed by atoms with Crippen LogP contribution < -0.4 is 5.32 Å². The summed E-state index contributed by atoms with van der Waals surface area (Å²) in [4.78, 5) is 17.6. The number of hydrogen-bond donors (Lipinski definition) is 1. The van der Waals surface area contributed by atoms with Crippen molar-refractivity contribution < 1.29 is 4.79 Å². The minimum Gasteiger partial charge on any atom is -0.317 e. The van der Waals surface area contributed by atoms with E-state index in [0.717, 1.165) is 25.1 Å². The zero-order valence-corrected chi connectivity index (χ0v) is 15.6. The molecule has 2 aromatic rings. The molecule has 0 unspecified atom stereocenters. The molecule has 1 aromatic heterocycles. The van der Waals surface area contributed by atoms with Gasteiger partial charge in [-0.15, -0.1) is 11.3 Å². The highest BCUT2D eigenvalue weighted by Crippen LogP contribution is 2.34. The second-order valence-corrected chi connectivity index (χ2v) is 8.13. The third-order valence-electron chi connectivity index (χ3n) is 4.58. The zero-order chi connectivity index (χ0) is 17.1. The van der Waals surface area contributed by atoms with Gasteiger partial charge in [0, 0.05) is 22.0 Å². The Bertz CT molecular complexity index is 702. The van der Waals surface area contributed by atoms with Gasteiger partial charge < -0.3 is 10.2 Å². The predicted octanol–water partition coefficient (Wildman–Crippen LogP) is 5.82. The van der Waals surface area contributed by atoms with Gasteiger partial charge in [-0.3, -0.25) is 0 Å². The number of thiophene rings is 1. The summed E-state index contributed by atoms with van der Waals surface area (Å²) < 4.78 is 0. The number of aryl methyl sites for hydroxylation is 3. The van der Waals surface area contributed by atoms with Crippen LogP contribution in [-0.2, 0) is 0 Å². The second-order valence-electron chi connectivity index (χ2n) is 6.81. The minimum absolute atomic E-state index is 0.0259. The maximum Gasteiger partial charge on any atom is 0.322 e. The SMILES string of the molecule is Cc1cc(C)cc(NC(=O)N2CCCCC[C@@H]2c2ccc(C)s2)c1. The van der Waals surface area contributed by atoms with Crippen LogP contribution in [0.5, 0.6) is 0 Å². The lowest BCUT2D eigenvalue weighted by atomic mass is 10.1. The lowest BCUT2D eigenvalue weighted by Crippen LogP contribution is -2.37. The Kier molecular flexibility index (Phi) is 5.24. The molecule has 1 N–H and O–H groups in total. The smallest absolute Gasteiger partial charge is 0.317 e. The van der Waals surface area contributed by atoms with Crippen molar-refractivity contribution in [2.75, 3.05) is 11.9 Å². The molecule has 1 aromatic carbocycles. The number of benzene rings is 1. The predicted molar refractivity (Wildman–Crippen MR) is 102 cm³/mol. The summed E-state index contributed by atoms with van der Waals surface area (Å²) in [6.07, 6.45) is 4.53. The second kappa shape index (κ2) is 7.39. The quantitative estimate of drug-likeness (QED) is 0.732. The van der Waals surface area contributed by atoms with Crippen molar-refractivity contribution in [1.29, 1.82) is 0 Å². The first-order valence-corrected chi connectivity index (χ1v) is 9.57. The number of rotatable bonds is 2. The van der Waals surface area contributed by atoms with E-state index in [0.29, 0.717) is 0 Å². The highest BCUT2D eigenvalue weighted by Gasteiger charge is 2.27. The average molecular weight is 343 g/mol. The fourth-order valence-corrected chi connectivity index (χ4v) is 4.55. The Morgan fingerprint density at radius 2 is 1.83 bits per heavy atom. The van der Waals surface area contributed by atoms with Crippen molar-refractivity contribution in [3.05, 3.63) is 51.2 Å². The van der Waals surface area contributed by atoms with Crippen LogP contribution in [0.15, 0.2) is 30.3 Å². The number of urea groups is 1. The van der Waals surface area contributed by atoms with Crippen LogP contribution in [0.25, 0.3) is 0 Å². The molecular formula is C20H26N2OS. The highest BCUT2D eigenvalue weighted by atomic mass is 32.1. The highest BCUT2D eigenvalue weighted by molar-refractivity contribution is 7.12. The molecule has 0 aliphatic carbocycles. The van der Waals surface area contributed by atoms with E-state index in [9.17, 15) is 4.79 Å². The largest absolute Gasteiger partial charge is 0.322 e. The van der Waals surface area contributed by atoms with Crippen LogP contribution in [-0.4, -0.2) is 17.5 Å². The summed E-state index contributed by atoms with van der Waals surface area (Å²) in [5.41, 5.74) is 3.24. The molecule has 0 spiro atoms. The van der Waals surface area contributed by atoms with E-state index in [2.05, 4.69) is 44.3 Å². The number of likely N-dealkylation sites (tertiary alicyclic amines) is 1. The monoisotopic (exact) mass is 342 g/mol. The molecule has 1 fully saturated rings. The van der Waals surface area contributed by atoms with E-state index >= 15 is 0 Å². The van der Waals surface area contributed by atoms with Crippen LogP contribution in [0.4, 0.5) is 10.5 Å². The molecule has 3 rings (SSSR count). The summed E-state index contributed by atoms with van der Waals surface area (Å²) in [7, 11) is 0. The zero-order valence-electron chi connectivity index (χ0n) is 14.8. The molecule has 2 amide bonds. The van der Waals surface area contributed by atoms with Gasteiger partial charge in [-0.1, -0.05) is 18.9 Å². The number of carbonyl (C=O) groups is 1. The molecule has 3 nitrogen and oxygen atoms in total.